The average molecular weight is 691 g/mol. The lowest BCUT2D eigenvalue weighted by Crippen LogP contribution is -2.53. The Hall–Kier alpha value is -5.12. The van der Waals surface area contributed by atoms with Crippen LogP contribution in [0, 0.1) is 0 Å². The van der Waals surface area contributed by atoms with Crippen LogP contribution < -0.4 is 24.3 Å². The number of nitrogens with zero attached hydrogens (tertiary/aromatic N) is 1. The molecule has 0 saturated carbocycles. The molecule has 1 atom stereocenters. The van der Waals surface area contributed by atoms with Crippen molar-refractivity contribution in [3.05, 3.63) is 138 Å². The molecule has 1 aliphatic rings. The summed E-state index contributed by atoms with van der Waals surface area (Å²) in [6.45, 7) is 9.24. The molecule has 9 heteroatoms. The van der Waals surface area contributed by atoms with Gasteiger partial charge < -0.3 is 14.2 Å². The summed E-state index contributed by atoms with van der Waals surface area (Å²) in [6.07, 6.45) is 3.19. The number of quaternary nitrogens is 1. The van der Waals surface area contributed by atoms with E-state index in [1.165, 1.54) is 18.6 Å². The number of aryl methyl sites for hydroxylation is 1. The lowest BCUT2D eigenvalue weighted by atomic mass is 9.81. The first-order valence-corrected chi connectivity index (χ1v) is 18.6. The Labute approximate surface area is 295 Å². The second-order valence-corrected chi connectivity index (χ2v) is 14.1. The Balaban J connectivity index is 1.39. The maximum Gasteiger partial charge on any atom is 0.339 e. The first kappa shape index (κ1) is 34.7. The van der Waals surface area contributed by atoms with E-state index in [1.54, 1.807) is 42.5 Å². The Kier molecular flexibility index (Phi) is 10.3. The Morgan fingerprint density at radius 3 is 2.28 bits per heavy atom. The number of carbonyl (C=O) groups excluding carboxylic acids is 1. The molecule has 0 fully saturated rings. The summed E-state index contributed by atoms with van der Waals surface area (Å²) in [5, 5.41) is 3.05. The number of para-hydroxylation sites is 2. The van der Waals surface area contributed by atoms with Gasteiger partial charge in [-0.15, -0.1) is 0 Å². The van der Waals surface area contributed by atoms with Crippen LogP contribution in [0.15, 0.2) is 120 Å². The summed E-state index contributed by atoms with van der Waals surface area (Å²) in [7, 11) is -4.06. The molecular weight excluding hydrogens is 647 g/mol. The number of unbranched alkanes of at least 4 members (excludes halogenated alkanes) is 1. The first-order valence-electron chi connectivity index (χ1n) is 17.2. The molecule has 2 N–H and O–H groups in total. The lowest BCUT2D eigenvalue weighted by Gasteiger charge is -2.37. The van der Waals surface area contributed by atoms with Crippen molar-refractivity contribution in [3.8, 4) is 17.2 Å². The smallest absolute Gasteiger partial charge is 0.339 e. The van der Waals surface area contributed by atoms with Gasteiger partial charge in [0, 0.05) is 41.8 Å². The van der Waals surface area contributed by atoms with E-state index in [9.17, 15) is 13.2 Å². The minimum absolute atomic E-state index is 0.0565. The van der Waals surface area contributed by atoms with Gasteiger partial charge in [0.15, 0.2) is 5.69 Å². The Bertz CT molecular complexity index is 2100. The minimum atomic E-state index is -4.06. The van der Waals surface area contributed by atoms with E-state index in [0.717, 1.165) is 58.8 Å². The van der Waals surface area contributed by atoms with Crippen LogP contribution in [0.1, 0.15) is 68.7 Å². The molecule has 0 aromatic heterocycles. The van der Waals surface area contributed by atoms with Crippen molar-refractivity contribution in [2.45, 2.75) is 57.8 Å². The Morgan fingerprint density at radius 1 is 0.780 bits per heavy atom. The Morgan fingerprint density at radius 2 is 1.54 bits per heavy atom. The fourth-order valence-electron chi connectivity index (χ4n) is 6.67. The van der Waals surface area contributed by atoms with Crippen LogP contribution in [0.3, 0.4) is 0 Å². The normalized spacial score (nSPS) is 13.8. The minimum Gasteiger partial charge on any atom is -0.456 e. The number of nitrogens with one attached hydrogen (secondary N) is 2. The van der Waals surface area contributed by atoms with Crippen LogP contribution in [-0.4, -0.2) is 27.4 Å². The number of ether oxygens (including phenoxy) is 1. The fraction of sp³-hybridized carbons (Fsp3) is 0.244. The molecule has 5 aromatic carbocycles. The molecule has 1 heterocycles. The third kappa shape index (κ3) is 7.25. The molecule has 8 nitrogen and oxygen atoms in total. The van der Waals surface area contributed by atoms with Crippen molar-refractivity contribution in [2.75, 3.05) is 23.8 Å². The van der Waals surface area contributed by atoms with E-state index in [1.807, 2.05) is 24.3 Å². The van der Waals surface area contributed by atoms with Crippen LogP contribution in [-0.2, 0) is 21.3 Å². The molecule has 0 spiro atoms. The van der Waals surface area contributed by atoms with Gasteiger partial charge in [0.1, 0.15) is 35.2 Å². The van der Waals surface area contributed by atoms with E-state index >= 15 is 0 Å². The summed E-state index contributed by atoms with van der Waals surface area (Å²) < 4.78 is 38.8. The van der Waals surface area contributed by atoms with Gasteiger partial charge in [-0.2, -0.15) is 13.0 Å². The highest BCUT2D eigenvalue weighted by Gasteiger charge is 2.35. The van der Waals surface area contributed by atoms with Gasteiger partial charge in [-0.05, 0) is 86.3 Å². The highest BCUT2D eigenvalue weighted by atomic mass is 32.2. The van der Waals surface area contributed by atoms with Gasteiger partial charge in [-0.1, -0.05) is 67.9 Å². The zero-order valence-corrected chi connectivity index (χ0v) is 29.8. The highest BCUT2D eigenvalue weighted by Crippen LogP contribution is 2.50. The topological polar surface area (TPSA) is 93.7 Å². The lowest BCUT2D eigenvalue weighted by molar-refractivity contribution is -0.114. The molecule has 0 radical (unpaired) electrons. The van der Waals surface area contributed by atoms with Crippen LogP contribution in [0.2, 0.25) is 0 Å². The molecule has 1 amide bonds. The quantitative estimate of drug-likeness (QED) is 0.0713. The standard InChI is InChI=1S/C41H43N3O5S/c1-5-8-15-30-22-25-39-37(26-30)41(35-20-12-13-21-38(35)42-29(4)45)36-24-23-32(28-40(36)48-39)44(6-2,7-3)43-31-16-14-19-34(27-31)50(46,47)49-33-17-10-9-11-18-33/h9-14,16-28,41,43H,5-8,15H2,1-4H3/p+1. The summed E-state index contributed by atoms with van der Waals surface area (Å²) >= 11 is 0. The van der Waals surface area contributed by atoms with Crippen molar-refractivity contribution in [1.29, 1.82) is 0 Å². The third-order valence-corrected chi connectivity index (χ3v) is 10.5. The monoisotopic (exact) mass is 690 g/mol. The second-order valence-electron chi connectivity index (χ2n) is 12.6. The largest absolute Gasteiger partial charge is 0.456 e. The predicted octanol–water partition coefficient (Wildman–Crippen LogP) is 9.42. The zero-order chi connectivity index (χ0) is 35.3. The van der Waals surface area contributed by atoms with Crippen LogP contribution in [0.4, 0.5) is 17.1 Å². The molecule has 1 unspecified atom stereocenters. The number of carbonyl (C=O) groups is 1. The number of benzene rings is 5. The van der Waals surface area contributed by atoms with Crippen LogP contribution in [0.5, 0.6) is 17.2 Å². The average Bonchev–Trinajstić information content (AvgIpc) is 3.12. The van der Waals surface area contributed by atoms with E-state index in [4.69, 9.17) is 8.92 Å². The number of anilines is 2. The van der Waals surface area contributed by atoms with E-state index < -0.39 is 10.1 Å². The predicted molar refractivity (Wildman–Crippen MR) is 200 cm³/mol. The van der Waals surface area contributed by atoms with Crippen molar-refractivity contribution < 1.29 is 22.1 Å². The summed E-state index contributed by atoms with van der Waals surface area (Å²) in [5.41, 5.74) is 10.3. The number of hydrogen-bond donors (Lipinski definition) is 2. The second kappa shape index (κ2) is 14.8. The molecule has 0 saturated heterocycles. The van der Waals surface area contributed by atoms with Crippen molar-refractivity contribution in [1.82, 2.24) is 4.59 Å². The van der Waals surface area contributed by atoms with Gasteiger partial charge in [-0.25, -0.2) is 5.43 Å². The van der Waals surface area contributed by atoms with Gasteiger partial charge in [-0.3, -0.25) is 4.79 Å². The zero-order valence-electron chi connectivity index (χ0n) is 29.0. The third-order valence-electron chi connectivity index (χ3n) is 9.30. The van der Waals surface area contributed by atoms with Gasteiger partial charge in [0.2, 0.25) is 5.91 Å². The molecule has 0 bridgehead atoms. The summed E-state index contributed by atoms with van der Waals surface area (Å²) in [5.74, 6) is 1.48. The van der Waals surface area contributed by atoms with E-state index in [0.29, 0.717) is 23.4 Å². The van der Waals surface area contributed by atoms with Crippen molar-refractivity contribution in [2.24, 2.45) is 0 Å². The van der Waals surface area contributed by atoms with Crippen molar-refractivity contribution >= 4 is 33.1 Å². The molecular formula is C41H44N3O5S+. The fourth-order valence-corrected chi connectivity index (χ4v) is 7.65. The van der Waals surface area contributed by atoms with E-state index in [-0.39, 0.29) is 22.5 Å². The van der Waals surface area contributed by atoms with Gasteiger partial charge >= 0.3 is 10.1 Å². The molecule has 258 valence electrons. The maximum atomic E-state index is 13.2. The number of amides is 1. The summed E-state index contributed by atoms with van der Waals surface area (Å²) in [4.78, 5) is 12.3. The molecule has 6 rings (SSSR count). The number of hydrogen-bond acceptors (Lipinski definition) is 6. The number of rotatable bonds is 13. The molecule has 1 aliphatic heterocycles. The first-order chi connectivity index (χ1) is 24.2. The van der Waals surface area contributed by atoms with E-state index in [2.05, 4.69) is 74.0 Å². The maximum absolute atomic E-state index is 13.2. The SMILES string of the molecule is CCCCc1ccc2c(c1)C(c1ccccc1NC(C)=O)c1ccc([N+](CC)(CC)Nc3cccc(S(=O)(=O)Oc4ccccc4)c3)cc1O2. The van der Waals surface area contributed by atoms with Crippen LogP contribution >= 0.6 is 0 Å². The highest BCUT2D eigenvalue weighted by molar-refractivity contribution is 7.87. The van der Waals surface area contributed by atoms with Crippen LogP contribution in [0.25, 0.3) is 0 Å². The molecule has 0 aliphatic carbocycles. The van der Waals surface area contributed by atoms with Crippen molar-refractivity contribution in [3.63, 3.8) is 0 Å². The van der Waals surface area contributed by atoms with Gasteiger partial charge in [0.05, 0.1) is 5.69 Å². The molecule has 5 aromatic rings. The molecule has 50 heavy (non-hydrogen) atoms. The summed E-state index contributed by atoms with van der Waals surface area (Å²) in [6, 6.07) is 35.9. The number of fused-ring (bicyclic) bond motifs is 2. The van der Waals surface area contributed by atoms with Gasteiger partial charge in [0.25, 0.3) is 0 Å².